The van der Waals surface area contributed by atoms with Gasteiger partial charge >= 0.3 is 5.97 Å². The first-order valence-corrected chi connectivity index (χ1v) is 6.00. The van der Waals surface area contributed by atoms with Gasteiger partial charge in [-0.1, -0.05) is 0 Å². The molecule has 0 saturated carbocycles. The average Bonchev–Trinajstić information content (AvgIpc) is 2.56. The number of hydrogen-bond acceptors (Lipinski definition) is 5. The molecule has 1 unspecified atom stereocenters. The van der Waals surface area contributed by atoms with Gasteiger partial charge in [-0.3, -0.25) is 4.79 Å². The lowest BCUT2D eigenvalue weighted by molar-refractivity contribution is -0.138. The Morgan fingerprint density at radius 2 is 2.44 bits per heavy atom. The van der Waals surface area contributed by atoms with E-state index in [-0.39, 0.29) is 18.1 Å². The van der Waals surface area contributed by atoms with Crippen LogP contribution in [0.15, 0.2) is 11.8 Å². The maximum Gasteiger partial charge on any atom is 0.350 e. The molecule has 1 rings (SSSR count). The number of carbonyl (C=O) groups is 2. The highest BCUT2D eigenvalue weighted by atomic mass is 16.5. The molecule has 0 spiro atoms. The number of rotatable bonds is 4. The van der Waals surface area contributed by atoms with Crippen LogP contribution >= 0.6 is 0 Å². The summed E-state index contributed by atoms with van der Waals surface area (Å²) in [7, 11) is 0. The Kier molecular flexibility index (Phi) is 5.71. The summed E-state index contributed by atoms with van der Waals surface area (Å²) >= 11 is 0. The Morgan fingerprint density at radius 1 is 1.67 bits per heavy atom. The molecule has 6 heteroatoms. The maximum absolute atomic E-state index is 11.6. The third kappa shape index (κ3) is 4.09. The van der Waals surface area contributed by atoms with Gasteiger partial charge in [-0.25, -0.2) is 4.79 Å². The van der Waals surface area contributed by atoms with Crippen molar-refractivity contribution in [2.75, 3.05) is 13.2 Å². The maximum atomic E-state index is 11.6. The molecule has 0 aromatic heterocycles. The summed E-state index contributed by atoms with van der Waals surface area (Å²) in [6, 6.07) is 1.35. The predicted molar refractivity (Wildman–Crippen MR) is 64.1 cm³/mol. The summed E-state index contributed by atoms with van der Waals surface area (Å²) in [6.07, 6.45) is 3.81. The summed E-state index contributed by atoms with van der Waals surface area (Å²) < 4.78 is 4.72. The lowest BCUT2D eigenvalue weighted by Gasteiger charge is -2.13. The largest absolute Gasteiger partial charge is 0.462 e. The van der Waals surface area contributed by atoms with Crippen LogP contribution in [0, 0.1) is 11.3 Å². The first-order chi connectivity index (χ1) is 8.69. The normalized spacial score (nSPS) is 20.3. The summed E-state index contributed by atoms with van der Waals surface area (Å²) in [5.74, 6) is -0.786. The molecule has 1 atom stereocenters. The smallest absolute Gasteiger partial charge is 0.350 e. The second kappa shape index (κ2) is 7.33. The fraction of sp³-hybridized carbons (Fsp3) is 0.583. The lowest BCUT2D eigenvalue weighted by Crippen LogP contribution is -2.40. The molecule has 6 nitrogen and oxygen atoms in total. The lowest BCUT2D eigenvalue weighted by atomic mass is 10.1. The van der Waals surface area contributed by atoms with Crippen LogP contribution in [-0.4, -0.2) is 31.1 Å². The van der Waals surface area contributed by atoms with Crippen molar-refractivity contribution >= 4 is 11.9 Å². The van der Waals surface area contributed by atoms with Crippen molar-refractivity contribution in [1.29, 1.82) is 5.26 Å². The molecule has 1 heterocycles. The standard InChI is InChI=1S/C12H17N3O3/c1-2-18-12(17)9(7-13)8-15-10-5-3-4-6-14-11(10)16/h8,10,15H,2-6H2,1H3,(H,14,16)/b9-8+. The van der Waals surface area contributed by atoms with Gasteiger partial charge in [0.25, 0.3) is 0 Å². The van der Waals surface area contributed by atoms with E-state index >= 15 is 0 Å². The first-order valence-electron chi connectivity index (χ1n) is 6.00. The van der Waals surface area contributed by atoms with Crippen molar-refractivity contribution in [2.45, 2.75) is 32.2 Å². The zero-order valence-electron chi connectivity index (χ0n) is 10.4. The summed E-state index contributed by atoms with van der Waals surface area (Å²) in [5.41, 5.74) is -0.131. The van der Waals surface area contributed by atoms with Crippen LogP contribution in [0.2, 0.25) is 0 Å². The molecule has 1 aliphatic rings. The average molecular weight is 251 g/mol. The molecular formula is C12H17N3O3. The van der Waals surface area contributed by atoms with E-state index in [1.54, 1.807) is 13.0 Å². The molecule has 0 aliphatic carbocycles. The monoisotopic (exact) mass is 251 g/mol. The van der Waals surface area contributed by atoms with Gasteiger partial charge in [0.1, 0.15) is 12.1 Å². The van der Waals surface area contributed by atoms with E-state index in [9.17, 15) is 9.59 Å². The van der Waals surface area contributed by atoms with E-state index < -0.39 is 12.0 Å². The fourth-order valence-corrected chi connectivity index (χ4v) is 1.63. The summed E-state index contributed by atoms with van der Waals surface area (Å²) in [4.78, 5) is 23.0. The van der Waals surface area contributed by atoms with E-state index in [0.717, 1.165) is 12.8 Å². The number of carbonyl (C=O) groups excluding carboxylic acids is 2. The molecular weight excluding hydrogens is 234 g/mol. The molecule has 0 aromatic rings. The quantitative estimate of drug-likeness (QED) is 0.423. The zero-order valence-corrected chi connectivity index (χ0v) is 10.4. The van der Waals surface area contributed by atoms with Crippen LogP contribution in [0.5, 0.6) is 0 Å². The van der Waals surface area contributed by atoms with E-state index in [4.69, 9.17) is 10.00 Å². The Hall–Kier alpha value is -2.03. The van der Waals surface area contributed by atoms with Gasteiger partial charge in [-0.2, -0.15) is 5.26 Å². The molecule has 2 N–H and O–H groups in total. The fourth-order valence-electron chi connectivity index (χ4n) is 1.63. The van der Waals surface area contributed by atoms with E-state index in [1.165, 1.54) is 6.20 Å². The van der Waals surface area contributed by atoms with Gasteiger partial charge < -0.3 is 15.4 Å². The highest BCUT2D eigenvalue weighted by molar-refractivity contribution is 5.92. The highest BCUT2D eigenvalue weighted by Crippen LogP contribution is 2.06. The number of ether oxygens (including phenoxy) is 1. The van der Waals surface area contributed by atoms with Gasteiger partial charge in [0.15, 0.2) is 5.57 Å². The molecule has 98 valence electrons. The third-order valence-corrected chi connectivity index (χ3v) is 2.58. The van der Waals surface area contributed by atoms with Crippen LogP contribution in [0.1, 0.15) is 26.2 Å². The third-order valence-electron chi connectivity index (χ3n) is 2.58. The predicted octanol–water partition coefficient (Wildman–Crippen LogP) is 0.215. The van der Waals surface area contributed by atoms with E-state index in [0.29, 0.717) is 13.0 Å². The van der Waals surface area contributed by atoms with Crippen molar-refractivity contribution in [1.82, 2.24) is 10.6 Å². The molecule has 0 aromatic carbocycles. The topological polar surface area (TPSA) is 91.2 Å². The van der Waals surface area contributed by atoms with E-state index in [1.807, 2.05) is 0 Å². The van der Waals surface area contributed by atoms with Gasteiger partial charge in [0, 0.05) is 12.7 Å². The first kappa shape index (κ1) is 14.0. The van der Waals surface area contributed by atoms with Crippen LogP contribution < -0.4 is 10.6 Å². The van der Waals surface area contributed by atoms with Crippen molar-refractivity contribution in [2.24, 2.45) is 0 Å². The van der Waals surface area contributed by atoms with Gasteiger partial charge in [-0.05, 0) is 26.2 Å². The number of amides is 1. The number of nitriles is 1. The van der Waals surface area contributed by atoms with E-state index in [2.05, 4.69) is 10.6 Å². The Morgan fingerprint density at radius 3 is 3.11 bits per heavy atom. The van der Waals surface area contributed by atoms with Crippen LogP contribution in [0.4, 0.5) is 0 Å². The minimum absolute atomic E-state index is 0.107. The summed E-state index contributed by atoms with van der Waals surface area (Å²) in [6.45, 7) is 2.55. The van der Waals surface area contributed by atoms with Crippen LogP contribution in [-0.2, 0) is 14.3 Å². The number of esters is 1. The molecule has 1 fully saturated rings. The van der Waals surface area contributed by atoms with Gasteiger partial charge in [0.2, 0.25) is 5.91 Å². The molecule has 0 bridgehead atoms. The molecule has 1 aliphatic heterocycles. The van der Waals surface area contributed by atoms with Gasteiger partial charge in [0.05, 0.1) is 6.61 Å². The Balaban J connectivity index is 2.62. The second-order valence-electron chi connectivity index (χ2n) is 3.90. The molecule has 1 amide bonds. The summed E-state index contributed by atoms with van der Waals surface area (Å²) in [5, 5.41) is 14.4. The van der Waals surface area contributed by atoms with Crippen molar-refractivity contribution in [3.63, 3.8) is 0 Å². The highest BCUT2D eigenvalue weighted by Gasteiger charge is 2.20. The second-order valence-corrected chi connectivity index (χ2v) is 3.90. The van der Waals surface area contributed by atoms with Gasteiger partial charge in [-0.15, -0.1) is 0 Å². The molecule has 0 radical (unpaired) electrons. The van der Waals surface area contributed by atoms with Crippen molar-refractivity contribution in [3.05, 3.63) is 11.8 Å². The SMILES string of the molecule is CCOC(=O)/C(C#N)=C/NC1CCCCNC1=O. The minimum atomic E-state index is -0.679. The minimum Gasteiger partial charge on any atom is -0.462 e. The molecule has 1 saturated heterocycles. The van der Waals surface area contributed by atoms with Crippen LogP contribution in [0.25, 0.3) is 0 Å². The van der Waals surface area contributed by atoms with Crippen molar-refractivity contribution < 1.29 is 14.3 Å². The van der Waals surface area contributed by atoms with Crippen molar-refractivity contribution in [3.8, 4) is 6.07 Å². The number of nitrogens with one attached hydrogen (secondary N) is 2. The Bertz CT molecular complexity index is 385. The zero-order chi connectivity index (χ0) is 13.4. The number of hydrogen-bond donors (Lipinski definition) is 2. The molecule has 18 heavy (non-hydrogen) atoms. The number of nitrogens with zero attached hydrogens (tertiary/aromatic N) is 1. The Labute approximate surface area is 106 Å². The van der Waals surface area contributed by atoms with Crippen LogP contribution in [0.3, 0.4) is 0 Å².